The minimum absolute atomic E-state index is 0.453. The summed E-state index contributed by atoms with van der Waals surface area (Å²) >= 11 is 0. The highest BCUT2D eigenvalue weighted by atomic mass is 15.2. The van der Waals surface area contributed by atoms with Crippen LogP contribution in [0.5, 0.6) is 0 Å². The van der Waals surface area contributed by atoms with Crippen LogP contribution in [0.3, 0.4) is 0 Å². The molecule has 0 saturated carbocycles. The summed E-state index contributed by atoms with van der Waals surface area (Å²) in [6.45, 7) is 12.8. The molecule has 0 saturated heterocycles. The lowest BCUT2D eigenvalue weighted by Gasteiger charge is -2.28. The summed E-state index contributed by atoms with van der Waals surface area (Å²) < 4.78 is 0. The summed E-state index contributed by atoms with van der Waals surface area (Å²) in [7, 11) is 0. The van der Waals surface area contributed by atoms with Gasteiger partial charge in [-0.25, -0.2) is 9.97 Å². The Morgan fingerprint density at radius 1 is 1.22 bits per heavy atom. The summed E-state index contributed by atoms with van der Waals surface area (Å²) in [5.74, 6) is 2.06. The van der Waals surface area contributed by atoms with Crippen LogP contribution in [0.1, 0.15) is 46.6 Å². The van der Waals surface area contributed by atoms with E-state index in [-0.39, 0.29) is 0 Å². The quantitative estimate of drug-likeness (QED) is 0.807. The summed E-state index contributed by atoms with van der Waals surface area (Å²) in [5.41, 5.74) is 1.22. The lowest BCUT2D eigenvalue weighted by atomic mass is 10.1. The third-order valence-electron chi connectivity index (χ3n) is 3.05. The molecule has 102 valence electrons. The third kappa shape index (κ3) is 3.34. The highest BCUT2D eigenvalue weighted by Crippen LogP contribution is 2.25. The van der Waals surface area contributed by atoms with Gasteiger partial charge in [-0.3, -0.25) is 0 Å². The average Bonchev–Trinajstić information content (AvgIpc) is 2.36. The van der Waals surface area contributed by atoms with E-state index in [0.717, 1.165) is 37.6 Å². The monoisotopic (exact) mass is 250 g/mol. The number of hydrogen-bond donors (Lipinski definition) is 1. The second kappa shape index (κ2) is 7.19. The Morgan fingerprint density at radius 3 is 2.44 bits per heavy atom. The van der Waals surface area contributed by atoms with Gasteiger partial charge in [-0.2, -0.15) is 0 Å². The molecule has 1 heterocycles. The van der Waals surface area contributed by atoms with E-state index in [1.54, 1.807) is 6.33 Å². The van der Waals surface area contributed by atoms with E-state index in [9.17, 15) is 0 Å². The maximum Gasteiger partial charge on any atom is 0.137 e. The van der Waals surface area contributed by atoms with Crippen LogP contribution in [0.15, 0.2) is 6.33 Å². The van der Waals surface area contributed by atoms with Gasteiger partial charge in [0.25, 0.3) is 0 Å². The number of aromatic nitrogens is 2. The van der Waals surface area contributed by atoms with Crippen molar-refractivity contribution in [3.8, 4) is 0 Å². The summed E-state index contributed by atoms with van der Waals surface area (Å²) in [6, 6.07) is 0.453. The SMILES string of the molecule is CCCNc1ncnc(N(CC)C(C)C)c1CC. The highest BCUT2D eigenvalue weighted by molar-refractivity contribution is 5.59. The summed E-state index contributed by atoms with van der Waals surface area (Å²) in [5, 5.41) is 3.39. The van der Waals surface area contributed by atoms with E-state index in [0.29, 0.717) is 6.04 Å². The lowest BCUT2D eigenvalue weighted by Crippen LogP contribution is -2.32. The Labute approximate surface area is 111 Å². The van der Waals surface area contributed by atoms with Crippen molar-refractivity contribution in [1.82, 2.24) is 9.97 Å². The first-order valence-electron chi connectivity index (χ1n) is 6.99. The van der Waals surface area contributed by atoms with Crippen LogP contribution in [0, 0.1) is 0 Å². The van der Waals surface area contributed by atoms with Crippen molar-refractivity contribution in [2.45, 2.75) is 53.5 Å². The van der Waals surface area contributed by atoms with Gasteiger partial charge in [0.1, 0.15) is 18.0 Å². The molecular weight excluding hydrogens is 224 g/mol. The zero-order chi connectivity index (χ0) is 13.5. The van der Waals surface area contributed by atoms with Crippen LogP contribution in [0.2, 0.25) is 0 Å². The Hall–Kier alpha value is -1.32. The lowest BCUT2D eigenvalue weighted by molar-refractivity contribution is 0.687. The molecule has 4 heteroatoms. The molecule has 4 nitrogen and oxygen atoms in total. The highest BCUT2D eigenvalue weighted by Gasteiger charge is 2.16. The fraction of sp³-hybridized carbons (Fsp3) is 0.714. The molecule has 0 bridgehead atoms. The predicted octanol–water partition coefficient (Wildman–Crippen LogP) is 3.10. The molecule has 0 aromatic carbocycles. The number of rotatable bonds is 7. The summed E-state index contributed by atoms with van der Waals surface area (Å²) in [6.07, 6.45) is 3.72. The molecule has 1 rings (SSSR count). The van der Waals surface area contributed by atoms with E-state index >= 15 is 0 Å². The van der Waals surface area contributed by atoms with Crippen LogP contribution in [-0.2, 0) is 6.42 Å². The van der Waals surface area contributed by atoms with Gasteiger partial charge in [0.05, 0.1) is 0 Å². The average molecular weight is 250 g/mol. The van der Waals surface area contributed by atoms with Gasteiger partial charge in [-0.15, -0.1) is 0 Å². The molecule has 1 N–H and O–H groups in total. The first-order valence-corrected chi connectivity index (χ1v) is 6.99. The largest absolute Gasteiger partial charge is 0.370 e. The van der Waals surface area contributed by atoms with E-state index < -0.39 is 0 Å². The Morgan fingerprint density at radius 2 is 1.94 bits per heavy atom. The van der Waals surface area contributed by atoms with Crippen LogP contribution in [0.25, 0.3) is 0 Å². The van der Waals surface area contributed by atoms with Crippen LogP contribution >= 0.6 is 0 Å². The molecule has 0 fully saturated rings. The second-order valence-electron chi connectivity index (χ2n) is 4.68. The minimum atomic E-state index is 0.453. The van der Waals surface area contributed by atoms with Crippen molar-refractivity contribution in [1.29, 1.82) is 0 Å². The summed E-state index contributed by atoms with van der Waals surface area (Å²) in [4.78, 5) is 11.2. The molecule has 0 amide bonds. The molecule has 1 aromatic heterocycles. The Kier molecular flexibility index (Phi) is 5.89. The van der Waals surface area contributed by atoms with Crippen molar-refractivity contribution in [2.24, 2.45) is 0 Å². The molecule has 0 aliphatic carbocycles. The van der Waals surface area contributed by atoms with Gasteiger partial charge in [0, 0.05) is 24.7 Å². The molecule has 0 radical (unpaired) electrons. The van der Waals surface area contributed by atoms with Crippen molar-refractivity contribution in [3.05, 3.63) is 11.9 Å². The van der Waals surface area contributed by atoms with E-state index in [4.69, 9.17) is 0 Å². The van der Waals surface area contributed by atoms with Gasteiger partial charge in [0.15, 0.2) is 0 Å². The number of nitrogens with one attached hydrogen (secondary N) is 1. The van der Waals surface area contributed by atoms with Crippen LogP contribution < -0.4 is 10.2 Å². The minimum Gasteiger partial charge on any atom is -0.370 e. The van der Waals surface area contributed by atoms with E-state index in [1.807, 2.05) is 0 Å². The topological polar surface area (TPSA) is 41.1 Å². The van der Waals surface area contributed by atoms with Crippen molar-refractivity contribution in [2.75, 3.05) is 23.3 Å². The molecular formula is C14H26N4. The van der Waals surface area contributed by atoms with Gasteiger partial charge in [0.2, 0.25) is 0 Å². The maximum atomic E-state index is 4.49. The van der Waals surface area contributed by atoms with Crippen molar-refractivity contribution >= 4 is 11.6 Å². The van der Waals surface area contributed by atoms with Crippen LogP contribution in [-0.4, -0.2) is 29.1 Å². The predicted molar refractivity (Wildman–Crippen MR) is 78.3 cm³/mol. The molecule has 18 heavy (non-hydrogen) atoms. The fourth-order valence-electron chi connectivity index (χ4n) is 2.13. The van der Waals surface area contributed by atoms with Crippen molar-refractivity contribution in [3.63, 3.8) is 0 Å². The zero-order valence-corrected chi connectivity index (χ0v) is 12.3. The van der Waals surface area contributed by atoms with Gasteiger partial charge < -0.3 is 10.2 Å². The standard InChI is InChI=1S/C14H26N4/c1-6-9-15-13-12(7-2)14(17-10-16-13)18(8-3)11(4)5/h10-11H,6-9H2,1-5H3,(H,15,16,17). The molecule has 0 unspecified atom stereocenters. The van der Waals surface area contributed by atoms with Crippen LogP contribution in [0.4, 0.5) is 11.6 Å². The Bertz CT molecular complexity index is 363. The zero-order valence-electron chi connectivity index (χ0n) is 12.3. The van der Waals surface area contributed by atoms with Gasteiger partial charge in [-0.1, -0.05) is 13.8 Å². The molecule has 1 aromatic rings. The van der Waals surface area contributed by atoms with E-state index in [1.165, 1.54) is 5.56 Å². The first kappa shape index (κ1) is 14.7. The number of anilines is 2. The fourth-order valence-corrected chi connectivity index (χ4v) is 2.13. The molecule has 0 spiro atoms. The maximum absolute atomic E-state index is 4.49. The van der Waals surface area contributed by atoms with Gasteiger partial charge in [-0.05, 0) is 33.6 Å². The second-order valence-corrected chi connectivity index (χ2v) is 4.68. The first-order chi connectivity index (χ1) is 8.65. The normalized spacial score (nSPS) is 10.8. The van der Waals surface area contributed by atoms with E-state index in [2.05, 4.69) is 54.8 Å². The number of nitrogens with zero attached hydrogens (tertiary/aromatic N) is 3. The Balaban J connectivity index is 3.10. The number of hydrogen-bond acceptors (Lipinski definition) is 4. The molecule has 0 aliphatic heterocycles. The smallest absolute Gasteiger partial charge is 0.137 e. The molecule has 0 aliphatic rings. The third-order valence-corrected chi connectivity index (χ3v) is 3.05. The van der Waals surface area contributed by atoms with Crippen molar-refractivity contribution < 1.29 is 0 Å². The molecule has 0 atom stereocenters. The van der Waals surface area contributed by atoms with Gasteiger partial charge >= 0.3 is 0 Å².